The average molecular weight is 461 g/mol. The molecular weight excluding hydrogens is 440 g/mol. The highest BCUT2D eigenvalue weighted by Crippen LogP contribution is 2.25. The molecule has 9 heteroatoms. The minimum Gasteiger partial charge on any atom is -0.463 e. The lowest BCUT2D eigenvalue weighted by Crippen LogP contribution is -2.22. The van der Waals surface area contributed by atoms with E-state index >= 15 is 0 Å². The van der Waals surface area contributed by atoms with E-state index in [1.165, 1.54) is 0 Å². The number of hydrogen-bond acceptors (Lipinski definition) is 8. The molecule has 1 aromatic heterocycles. The van der Waals surface area contributed by atoms with Crippen LogP contribution in [0.5, 0.6) is 0 Å². The molecular formula is C20H21BrN4O4. The Bertz CT molecular complexity index is 1010. The summed E-state index contributed by atoms with van der Waals surface area (Å²) in [6, 6.07) is 13.1. The number of halogens is 1. The first-order chi connectivity index (χ1) is 13.9. The van der Waals surface area contributed by atoms with Gasteiger partial charge in [0.05, 0.1) is 12.1 Å². The molecule has 0 saturated carbocycles. The molecule has 152 valence electrons. The van der Waals surface area contributed by atoms with E-state index in [2.05, 4.69) is 31.2 Å². The molecule has 0 amide bonds. The normalized spacial score (nSPS) is 12.0. The topological polar surface area (TPSA) is 131 Å². The number of aliphatic hydroxyl groups excluding tert-OH is 2. The van der Waals surface area contributed by atoms with Crippen molar-refractivity contribution in [3.8, 4) is 0 Å². The molecule has 1 heterocycles. The SMILES string of the molecule is Nc1nc(Nc2cccc(CCC(=O)OCC(O)CO)c2)nc2ccc(Br)cc12. The fraction of sp³-hybridized carbons (Fsp3) is 0.250. The van der Waals surface area contributed by atoms with Gasteiger partial charge in [-0.05, 0) is 42.3 Å². The Balaban J connectivity index is 1.65. The lowest BCUT2D eigenvalue weighted by atomic mass is 10.1. The number of esters is 1. The summed E-state index contributed by atoms with van der Waals surface area (Å²) in [5, 5.41) is 21.8. The predicted molar refractivity (Wildman–Crippen MR) is 114 cm³/mol. The standard InChI is InChI=1S/C20H21BrN4O4/c21-13-5-6-17-16(9-13)19(22)25-20(24-17)23-14-3-1-2-12(8-14)4-7-18(28)29-11-15(27)10-26/h1-3,5-6,8-9,15,26-27H,4,7,10-11H2,(H3,22,23,24,25). The molecule has 0 bridgehead atoms. The van der Waals surface area contributed by atoms with Crippen molar-refractivity contribution in [3.63, 3.8) is 0 Å². The minimum atomic E-state index is -1.05. The Morgan fingerprint density at radius 1 is 1.24 bits per heavy atom. The van der Waals surface area contributed by atoms with E-state index < -0.39 is 18.7 Å². The number of nitrogen functional groups attached to an aromatic ring is 1. The van der Waals surface area contributed by atoms with Gasteiger partial charge in [-0.25, -0.2) is 4.98 Å². The predicted octanol–water partition coefficient (Wildman–Crippen LogP) is 2.55. The van der Waals surface area contributed by atoms with Crippen LogP contribution in [0.25, 0.3) is 10.9 Å². The molecule has 2 aromatic carbocycles. The maximum absolute atomic E-state index is 11.7. The van der Waals surface area contributed by atoms with Crippen molar-refractivity contribution in [2.45, 2.75) is 18.9 Å². The molecule has 0 aliphatic heterocycles. The number of fused-ring (bicyclic) bond motifs is 1. The molecule has 1 unspecified atom stereocenters. The number of aryl methyl sites for hydroxylation is 1. The summed E-state index contributed by atoms with van der Waals surface area (Å²) in [7, 11) is 0. The van der Waals surface area contributed by atoms with Crippen molar-refractivity contribution in [1.29, 1.82) is 0 Å². The van der Waals surface area contributed by atoms with Crippen LogP contribution in [-0.2, 0) is 16.0 Å². The minimum absolute atomic E-state index is 0.163. The molecule has 0 fully saturated rings. The van der Waals surface area contributed by atoms with E-state index in [1.807, 2.05) is 42.5 Å². The van der Waals surface area contributed by atoms with E-state index in [1.54, 1.807) is 0 Å². The van der Waals surface area contributed by atoms with Gasteiger partial charge in [-0.2, -0.15) is 4.98 Å². The van der Waals surface area contributed by atoms with Gasteiger partial charge in [0.2, 0.25) is 5.95 Å². The van der Waals surface area contributed by atoms with Gasteiger partial charge in [0.25, 0.3) is 0 Å². The third-order valence-electron chi connectivity index (χ3n) is 4.14. The van der Waals surface area contributed by atoms with Crippen molar-refractivity contribution in [2.75, 3.05) is 24.3 Å². The van der Waals surface area contributed by atoms with Gasteiger partial charge in [0.1, 0.15) is 18.5 Å². The first kappa shape index (κ1) is 21.0. The van der Waals surface area contributed by atoms with Crippen molar-refractivity contribution >= 4 is 50.3 Å². The number of rotatable bonds is 8. The number of hydrogen-bond donors (Lipinski definition) is 4. The van der Waals surface area contributed by atoms with E-state index in [0.29, 0.717) is 18.2 Å². The first-order valence-corrected chi connectivity index (χ1v) is 9.77. The van der Waals surface area contributed by atoms with Crippen LogP contribution >= 0.6 is 15.9 Å². The van der Waals surface area contributed by atoms with E-state index in [4.69, 9.17) is 15.6 Å². The van der Waals surface area contributed by atoms with Crippen LogP contribution in [0.15, 0.2) is 46.9 Å². The van der Waals surface area contributed by atoms with Crippen LogP contribution in [0, 0.1) is 0 Å². The summed E-state index contributed by atoms with van der Waals surface area (Å²) in [5.41, 5.74) is 8.47. The van der Waals surface area contributed by atoms with Crippen molar-refractivity contribution in [3.05, 3.63) is 52.5 Å². The summed E-state index contributed by atoms with van der Waals surface area (Å²) < 4.78 is 5.80. The summed E-state index contributed by atoms with van der Waals surface area (Å²) in [6.07, 6.45) is -0.421. The smallest absolute Gasteiger partial charge is 0.306 e. The maximum atomic E-state index is 11.7. The van der Waals surface area contributed by atoms with Crippen molar-refractivity contribution in [1.82, 2.24) is 9.97 Å². The van der Waals surface area contributed by atoms with Crippen LogP contribution in [-0.4, -0.2) is 45.5 Å². The second-order valence-corrected chi connectivity index (χ2v) is 7.35. The Labute approximate surface area is 175 Å². The summed E-state index contributed by atoms with van der Waals surface area (Å²) >= 11 is 3.41. The van der Waals surface area contributed by atoms with Gasteiger partial charge in [-0.15, -0.1) is 0 Å². The monoisotopic (exact) mass is 460 g/mol. The van der Waals surface area contributed by atoms with Crippen LogP contribution in [0.2, 0.25) is 0 Å². The van der Waals surface area contributed by atoms with Gasteiger partial charge in [0.15, 0.2) is 0 Å². The summed E-state index contributed by atoms with van der Waals surface area (Å²) in [4.78, 5) is 20.5. The lowest BCUT2D eigenvalue weighted by Gasteiger charge is -2.10. The molecule has 3 rings (SSSR count). The molecule has 5 N–H and O–H groups in total. The molecule has 0 saturated heterocycles. The molecule has 0 radical (unpaired) electrons. The van der Waals surface area contributed by atoms with Crippen LogP contribution in [0.4, 0.5) is 17.5 Å². The molecule has 0 aliphatic rings. The number of nitrogens with two attached hydrogens (primary N) is 1. The zero-order chi connectivity index (χ0) is 20.8. The average Bonchev–Trinajstić information content (AvgIpc) is 2.71. The van der Waals surface area contributed by atoms with E-state index in [9.17, 15) is 9.90 Å². The summed E-state index contributed by atoms with van der Waals surface area (Å²) in [6.45, 7) is -0.659. The zero-order valence-corrected chi connectivity index (χ0v) is 17.1. The number of ether oxygens (including phenoxy) is 1. The number of carbonyl (C=O) groups excluding carboxylic acids is 1. The van der Waals surface area contributed by atoms with Crippen LogP contribution < -0.4 is 11.1 Å². The molecule has 8 nitrogen and oxygen atoms in total. The van der Waals surface area contributed by atoms with E-state index in [-0.39, 0.29) is 13.0 Å². The van der Waals surface area contributed by atoms with Crippen molar-refractivity contribution in [2.24, 2.45) is 0 Å². The Morgan fingerprint density at radius 3 is 2.86 bits per heavy atom. The fourth-order valence-corrected chi connectivity index (χ4v) is 3.04. The van der Waals surface area contributed by atoms with Crippen molar-refractivity contribution < 1.29 is 19.7 Å². The first-order valence-electron chi connectivity index (χ1n) is 8.98. The molecule has 0 aliphatic carbocycles. The lowest BCUT2D eigenvalue weighted by molar-refractivity contribution is -0.147. The van der Waals surface area contributed by atoms with Crippen LogP contribution in [0.3, 0.4) is 0 Å². The number of benzene rings is 2. The quantitative estimate of drug-likeness (QED) is 0.377. The summed E-state index contributed by atoms with van der Waals surface area (Å²) in [5.74, 6) is 0.322. The highest BCUT2D eigenvalue weighted by Gasteiger charge is 2.09. The van der Waals surface area contributed by atoms with Gasteiger partial charge in [0, 0.05) is 22.0 Å². The third kappa shape index (κ3) is 5.86. The van der Waals surface area contributed by atoms with Crippen LogP contribution in [0.1, 0.15) is 12.0 Å². The zero-order valence-electron chi connectivity index (χ0n) is 15.5. The highest BCUT2D eigenvalue weighted by atomic mass is 79.9. The molecule has 3 aromatic rings. The van der Waals surface area contributed by atoms with Gasteiger partial charge in [-0.3, -0.25) is 4.79 Å². The highest BCUT2D eigenvalue weighted by molar-refractivity contribution is 9.10. The largest absolute Gasteiger partial charge is 0.463 e. The second kappa shape index (κ2) is 9.64. The Hall–Kier alpha value is -2.75. The third-order valence-corrected chi connectivity index (χ3v) is 4.63. The van der Waals surface area contributed by atoms with E-state index in [0.717, 1.165) is 26.6 Å². The molecule has 29 heavy (non-hydrogen) atoms. The number of carbonyl (C=O) groups is 1. The Kier molecular flexibility index (Phi) is 6.97. The number of nitrogens with one attached hydrogen (secondary N) is 1. The van der Waals surface area contributed by atoms with Gasteiger partial charge in [-0.1, -0.05) is 28.1 Å². The number of aromatic nitrogens is 2. The molecule has 1 atom stereocenters. The number of aliphatic hydroxyl groups is 2. The molecule has 0 spiro atoms. The number of anilines is 3. The second-order valence-electron chi connectivity index (χ2n) is 6.44. The van der Waals surface area contributed by atoms with Gasteiger partial charge >= 0.3 is 5.97 Å². The number of nitrogens with zero attached hydrogens (tertiary/aromatic N) is 2. The maximum Gasteiger partial charge on any atom is 0.306 e. The fourth-order valence-electron chi connectivity index (χ4n) is 2.67. The Morgan fingerprint density at radius 2 is 2.07 bits per heavy atom. The van der Waals surface area contributed by atoms with Gasteiger partial charge < -0.3 is 26.0 Å².